The lowest BCUT2D eigenvalue weighted by Gasteiger charge is -2.34. The molecule has 0 radical (unpaired) electrons. The number of rotatable bonds is 5. The first-order valence-electron chi connectivity index (χ1n) is 7.88. The van der Waals surface area contributed by atoms with Crippen LogP contribution in [-0.2, 0) is 14.3 Å². The quantitative estimate of drug-likeness (QED) is 0.761. The highest BCUT2D eigenvalue weighted by Crippen LogP contribution is 2.40. The van der Waals surface area contributed by atoms with Gasteiger partial charge in [-0.25, -0.2) is 18.4 Å². The Bertz CT molecular complexity index is 787. The summed E-state index contributed by atoms with van der Waals surface area (Å²) in [6.07, 6.45) is 3.67. The smallest absolute Gasteiger partial charge is 0.210 e. The van der Waals surface area contributed by atoms with Crippen LogP contribution in [0.5, 0.6) is 0 Å². The lowest BCUT2D eigenvalue weighted by atomic mass is 9.85. The minimum Gasteiger partial charge on any atom is -0.413 e. The molecule has 0 amide bonds. The number of benzene rings is 1. The van der Waals surface area contributed by atoms with Crippen LogP contribution in [0.1, 0.15) is 32.4 Å². The lowest BCUT2D eigenvalue weighted by Crippen LogP contribution is -2.27. The van der Waals surface area contributed by atoms with E-state index in [2.05, 4.69) is 43.8 Å². The second-order valence-corrected chi connectivity index (χ2v) is 11.3. The summed E-state index contributed by atoms with van der Waals surface area (Å²) in [5.74, 6) is 0. The molecule has 0 saturated carbocycles. The fraction of sp³-hybridized carbons (Fsp3) is 0.412. The second-order valence-electron chi connectivity index (χ2n) is 7.05. The van der Waals surface area contributed by atoms with Crippen LogP contribution in [0.3, 0.4) is 0 Å². The first-order valence-corrected chi connectivity index (χ1v) is 12.1. The molecule has 2 aromatic rings. The van der Waals surface area contributed by atoms with E-state index in [1.165, 1.54) is 18.7 Å². The van der Waals surface area contributed by atoms with Crippen LogP contribution in [0.25, 0.3) is 0 Å². The third-order valence-electron chi connectivity index (χ3n) is 3.53. The summed E-state index contributed by atoms with van der Waals surface area (Å²) in [6, 6.07) is 7.04. The lowest BCUT2D eigenvalue weighted by molar-refractivity contribution is 0.0841. The van der Waals surface area contributed by atoms with E-state index in [0.29, 0.717) is 5.56 Å². The summed E-state index contributed by atoms with van der Waals surface area (Å²) >= 11 is 0. The summed E-state index contributed by atoms with van der Waals surface area (Å²) in [4.78, 5) is 8.02. The van der Waals surface area contributed by atoms with Gasteiger partial charge in [-0.15, -0.1) is 0 Å². The number of sulfone groups is 1. The Labute approximate surface area is 145 Å². The Morgan fingerprint density at radius 3 is 2.21 bits per heavy atom. The standard InChI is InChI=1S/C17H24N2O3SSi/c1-17(2,3)16(22-24(4)5)14-8-6-7-9-15(14)23(20,21)13-10-18-12-19-11-13/h6-12,16,24H,1-5H3. The maximum absolute atomic E-state index is 13.0. The molecule has 1 heterocycles. The topological polar surface area (TPSA) is 69.2 Å². The SMILES string of the molecule is C[SiH](C)OC(c1ccccc1S(=O)(=O)c1cncnc1)C(C)(C)C. The number of aromatic nitrogens is 2. The summed E-state index contributed by atoms with van der Waals surface area (Å²) in [6.45, 7) is 10.3. The molecule has 0 N–H and O–H groups in total. The predicted octanol–water partition coefficient (Wildman–Crippen LogP) is 3.40. The number of hydrogen-bond donors (Lipinski definition) is 0. The van der Waals surface area contributed by atoms with Crippen molar-refractivity contribution in [3.63, 3.8) is 0 Å². The van der Waals surface area contributed by atoms with E-state index in [1.54, 1.807) is 12.1 Å². The van der Waals surface area contributed by atoms with E-state index in [-0.39, 0.29) is 21.3 Å². The first kappa shape index (κ1) is 18.8. The highest BCUT2D eigenvalue weighted by Gasteiger charge is 2.33. The second kappa shape index (κ2) is 7.12. The van der Waals surface area contributed by atoms with Gasteiger partial charge in [0.2, 0.25) is 9.84 Å². The van der Waals surface area contributed by atoms with Crippen LogP contribution in [0, 0.1) is 5.41 Å². The molecule has 1 unspecified atom stereocenters. The van der Waals surface area contributed by atoms with Crippen molar-refractivity contribution in [1.29, 1.82) is 0 Å². The molecule has 2 rings (SSSR count). The number of nitrogens with zero attached hydrogens (tertiary/aromatic N) is 2. The fourth-order valence-corrected chi connectivity index (χ4v) is 5.00. The zero-order chi connectivity index (χ0) is 18.0. The van der Waals surface area contributed by atoms with Gasteiger partial charge in [0.15, 0.2) is 9.04 Å². The maximum atomic E-state index is 13.0. The number of hydrogen-bond acceptors (Lipinski definition) is 5. The van der Waals surface area contributed by atoms with Crippen molar-refractivity contribution in [3.8, 4) is 0 Å². The van der Waals surface area contributed by atoms with Gasteiger partial charge >= 0.3 is 0 Å². The van der Waals surface area contributed by atoms with Gasteiger partial charge in [0, 0.05) is 12.4 Å². The fourth-order valence-electron chi connectivity index (χ4n) is 2.51. The average Bonchev–Trinajstić information content (AvgIpc) is 2.52. The van der Waals surface area contributed by atoms with Gasteiger partial charge in [-0.05, 0) is 30.1 Å². The molecule has 5 nitrogen and oxygen atoms in total. The van der Waals surface area contributed by atoms with E-state index in [9.17, 15) is 8.42 Å². The van der Waals surface area contributed by atoms with Crippen LogP contribution >= 0.6 is 0 Å². The molecule has 0 aliphatic rings. The summed E-state index contributed by atoms with van der Waals surface area (Å²) in [5, 5.41) is 0. The van der Waals surface area contributed by atoms with Crippen LogP contribution < -0.4 is 0 Å². The molecule has 0 aliphatic heterocycles. The maximum Gasteiger partial charge on any atom is 0.210 e. The molecule has 0 saturated heterocycles. The van der Waals surface area contributed by atoms with Gasteiger partial charge in [-0.3, -0.25) is 0 Å². The van der Waals surface area contributed by atoms with Crippen LogP contribution in [0.2, 0.25) is 13.1 Å². The molecule has 24 heavy (non-hydrogen) atoms. The Morgan fingerprint density at radius 2 is 1.67 bits per heavy atom. The molecule has 130 valence electrons. The summed E-state index contributed by atoms with van der Waals surface area (Å²) < 4.78 is 32.3. The molecular weight excluding hydrogens is 340 g/mol. The van der Waals surface area contributed by atoms with Gasteiger partial charge in [0.05, 0.1) is 11.0 Å². The molecule has 0 bridgehead atoms. The predicted molar refractivity (Wildman–Crippen MR) is 96.1 cm³/mol. The van der Waals surface area contributed by atoms with Crippen molar-refractivity contribution in [2.24, 2.45) is 5.41 Å². The average molecular weight is 365 g/mol. The molecule has 0 aliphatic carbocycles. The van der Waals surface area contributed by atoms with E-state index < -0.39 is 18.9 Å². The normalized spacial score (nSPS) is 13.9. The highest BCUT2D eigenvalue weighted by atomic mass is 32.2. The van der Waals surface area contributed by atoms with Crippen LogP contribution in [0.15, 0.2) is 52.8 Å². The van der Waals surface area contributed by atoms with Crippen molar-refractivity contribution in [1.82, 2.24) is 9.97 Å². The minimum atomic E-state index is -3.70. The third-order valence-corrected chi connectivity index (χ3v) is 6.13. The van der Waals surface area contributed by atoms with E-state index in [0.717, 1.165) is 0 Å². The van der Waals surface area contributed by atoms with Crippen molar-refractivity contribution < 1.29 is 12.8 Å². The van der Waals surface area contributed by atoms with Crippen molar-refractivity contribution in [2.75, 3.05) is 0 Å². The third kappa shape index (κ3) is 4.09. The van der Waals surface area contributed by atoms with Gasteiger partial charge in [0.25, 0.3) is 0 Å². The van der Waals surface area contributed by atoms with Crippen LogP contribution in [-0.4, -0.2) is 27.4 Å². The largest absolute Gasteiger partial charge is 0.413 e. The first-order chi connectivity index (χ1) is 11.1. The summed E-state index contributed by atoms with van der Waals surface area (Å²) in [7, 11) is -5.07. The highest BCUT2D eigenvalue weighted by molar-refractivity contribution is 7.91. The van der Waals surface area contributed by atoms with Crippen LogP contribution in [0.4, 0.5) is 0 Å². The Morgan fingerprint density at radius 1 is 1.08 bits per heavy atom. The van der Waals surface area contributed by atoms with E-state index in [1.807, 2.05) is 12.1 Å². The van der Waals surface area contributed by atoms with Gasteiger partial charge < -0.3 is 4.43 Å². The van der Waals surface area contributed by atoms with Gasteiger partial charge in [-0.2, -0.15) is 0 Å². The molecule has 7 heteroatoms. The van der Waals surface area contributed by atoms with Gasteiger partial charge in [0.1, 0.15) is 11.2 Å². The van der Waals surface area contributed by atoms with Crippen molar-refractivity contribution >= 4 is 18.9 Å². The van der Waals surface area contributed by atoms with Gasteiger partial charge in [-0.1, -0.05) is 39.0 Å². The zero-order valence-electron chi connectivity index (χ0n) is 14.7. The summed E-state index contributed by atoms with van der Waals surface area (Å²) in [5.41, 5.74) is 0.464. The Kier molecular flexibility index (Phi) is 5.57. The molecule has 0 spiro atoms. The molecular formula is C17H24N2O3SSi. The van der Waals surface area contributed by atoms with Crippen molar-refractivity contribution in [3.05, 3.63) is 48.5 Å². The Balaban J connectivity index is 2.62. The molecule has 1 aromatic heterocycles. The molecule has 1 aromatic carbocycles. The van der Waals surface area contributed by atoms with E-state index in [4.69, 9.17) is 4.43 Å². The molecule has 0 fully saturated rings. The Hall–Kier alpha value is -1.57. The minimum absolute atomic E-state index is 0.0897. The molecule has 1 atom stereocenters. The van der Waals surface area contributed by atoms with E-state index >= 15 is 0 Å². The monoisotopic (exact) mass is 364 g/mol. The zero-order valence-corrected chi connectivity index (χ0v) is 16.7. The van der Waals surface area contributed by atoms with Crippen molar-refractivity contribution in [2.45, 2.75) is 49.8 Å².